The number of nitrogens with one attached hydrogen (secondary N) is 1. The Hall–Kier alpha value is -2.62. The molecule has 0 saturated heterocycles. The van der Waals surface area contributed by atoms with Gasteiger partial charge in [0, 0.05) is 12.1 Å². The minimum absolute atomic E-state index is 0.131. The zero-order valence-corrected chi connectivity index (χ0v) is 10.7. The maximum Gasteiger partial charge on any atom is 0.338 e. The number of terminal acetylenes is 1. The number of carboxylic acid groups (broad SMARTS) is 1. The third-order valence-corrected chi connectivity index (χ3v) is 2.62. The van der Waals surface area contributed by atoms with E-state index in [4.69, 9.17) is 11.5 Å². The van der Waals surface area contributed by atoms with Gasteiger partial charge in [-0.2, -0.15) is 0 Å². The molecule has 106 valence electrons. The van der Waals surface area contributed by atoms with Crippen LogP contribution in [0.2, 0.25) is 0 Å². The summed E-state index contributed by atoms with van der Waals surface area (Å²) in [6.07, 6.45) is 6.57. The zero-order chi connectivity index (χ0) is 15.3. The van der Waals surface area contributed by atoms with E-state index in [1.165, 1.54) is 0 Å². The van der Waals surface area contributed by atoms with Crippen LogP contribution in [-0.2, 0) is 0 Å². The maximum atomic E-state index is 13.6. The first-order valence-corrected chi connectivity index (χ1v) is 5.84. The first-order valence-electron chi connectivity index (χ1n) is 5.84. The Morgan fingerprint density at radius 3 is 2.75 bits per heavy atom. The average molecular weight is 280 g/mol. The van der Waals surface area contributed by atoms with Crippen molar-refractivity contribution < 1.29 is 19.2 Å². The van der Waals surface area contributed by atoms with Gasteiger partial charge in [-0.05, 0) is 6.42 Å². The van der Waals surface area contributed by atoms with Crippen LogP contribution in [0.1, 0.15) is 30.1 Å². The first kappa shape index (κ1) is 15.4. The Kier molecular flexibility index (Phi) is 5.03. The van der Waals surface area contributed by atoms with E-state index in [-0.39, 0.29) is 5.69 Å². The molecule has 1 aromatic carbocycles. The van der Waals surface area contributed by atoms with E-state index >= 15 is 0 Å². The second-order valence-electron chi connectivity index (χ2n) is 4.06. The molecule has 0 amide bonds. The fourth-order valence-corrected chi connectivity index (χ4v) is 1.67. The van der Waals surface area contributed by atoms with Crippen molar-refractivity contribution in [2.24, 2.45) is 0 Å². The van der Waals surface area contributed by atoms with Crippen LogP contribution in [0.25, 0.3) is 0 Å². The van der Waals surface area contributed by atoms with E-state index in [9.17, 15) is 19.3 Å². The van der Waals surface area contributed by atoms with E-state index in [1.807, 2.05) is 6.92 Å². The van der Waals surface area contributed by atoms with Crippen LogP contribution >= 0.6 is 0 Å². The van der Waals surface area contributed by atoms with Gasteiger partial charge in [0.25, 0.3) is 5.69 Å². The Labute approximate surface area is 114 Å². The number of aromatic carboxylic acids is 1. The summed E-state index contributed by atoms with van der Waals surface area (Å²) < 4.78 is 13.6. The molecule has 1 unspecified atom stereocenters. The van der Waals surface area contributed by atoms with Gasteiger partial charge in [-0.15, -0.1) is 6.42 Å². The van der Waals surface area contributed by atoms with Gasteiger partial charge in [0.05, 0.1) is 11.0 Å². The molecule has 7 heteroatoms. The zero-order valence-electron chi connectivity index (χ0n) is 10.7. The lowest BCUT2D eigenvalue weighted by Crippen LogP contribution is -2.18. The van der Waals surface area contributed by atoms with Crippen LogP contribution in [0.3, 0.4) is 0 Å². The summed E-state index contributed by atoms with van der Waals surface area (Å²) in [5.74, 6) is -0.226. The van der Waals surface area contributed by atoms with Gasteiger partial charge in [0.1, 0.15) is 17.1 Å². The normalized spacial score (nSPS) is 11.4. The van der Waals surface area contributed by atoms with Crippen molar-refractivity contribution in [3.63, 3.8) is 0 Å². The molecule has 0 spiro atoms. The van der Waals surface area contributed by atoms with Crippen LogP contribution < -0.4 is 5.32 Å². The van der Waals surface area contributed by atoms with Crippen molar-refractivity contribution in [1.82, 2.24) is 0 Å². The van der Waals surface area contributed by atoms with Gasteiger partial charge in [0.15, 0.2) is 0 Å². The molecule has 1 aromatic rings. The lowest BCUT2D eigenvalue weighted by Gasteiger charge is -2.14. The molecule has 0 bridgehead atoms. The fourth-order valence-electron chi connectivity index (χ4n) is 1.67. The smallest absolute Gasteiger partial charge is 0.338 e. The summed E-state index contributed by atoms with van der Waals surface area (Å²) in [6, 6.07) is 0.968. The molecule has 0 aliphatic carbocycles. The highest BCUT2D eigenvalue weighted by molar-refractivity contribution is 5.90. The molecule has 6 nitrogen and oxygen atoms in total. The third-order valence-electron chi connectivity index (χ3n) is 2.62. The van der Waals surface area contributed by atoms with Gasteiger partial charge < -0.3 is 10.4 Å². The quantitative estimate of drug-likeness (QED) is 0.474. The molecule has 0 aromatic heterocycles. The maximum absolute atomic E-state index is 13.6. The lowest BCUT2D eigenvalue weighted by atomic mass is 10.1. The van der Waals surface area contributed by atoms with Crippen molar-refractivity contribution in [1.29, 1.82) is 0 Å². The number of rotatable bonds is 6. The second-order valence-corrected chi connectivity index (χ2v) is 4.06. The standard InChI is InChI=1S/C13H13FN2O4/c1-3-5-8(4-2)15-11-7-10(14)9(13(17)18)6-12(11)16(19)20/h2,6-8,15H,3,5H2,1H3,(H,17,18). The minimum atomic E-state index is -1.57. The van der Waals surface area contributed by atoms with Crippen LogP contribution in [-0.4, -0.2) is 22.0 Å². The average Bonchev–Trinajstić information content (AvgIpc) is 2.37. The second kappa shape index (κ2) is 6.52. The lowest BCUT2D eigenvalue weighted by molar-refractivity contribution is -0.384. The van der Waals surface area contributed by atoms with Crippen molar-refractivity contribution in [2.45, 2.75) is 25.8 Å². The molecule has 2 N–H and O–H groups in total. The molecule has 0 fully saturated rings. The number of hydrogen-bond acceptors (Lipinski definition) is 4. The monoisotopic (exact) mass is 280 g/mol. The molecule has 1 atom stereocenters. The van der Waals surface area contributed by atoms with E-state index in [0.29, 0.717) is 12.5 Å². The number of nitrogens with zero attached hydrogens (tertiary/aromatic N) is 1. The van der Waals surface area contributed by atoms with E-state index in [0.717, 1.165) is 12.5 Å². The van der Waals surface area contributed by atoms with Gasteiger partial charge in [-0.1, -0.05) is 19.3 Å². The molecular formula is C13H13FN2O4. The summed E-state index contributed by atoms with van der Waals surface area (Å²) in [4.78, 5) is 20.9. The summed E-state index contributed by atoms with van der Waals surface area (Å²) >= 11 is 0. The highest BCUT2D eigenvalue weighted by atomic mass is 19.1. The Bertz CT molecular complexity index is 580. The Morgan fingerprint density at radius 2 is 2.30 bits per heavy atom. The van der Waals surface area contributed by atoms with E-state index < -0.39 is 34.0 Å². The van der Waals surface area contributed by atoms with Gasteiger partial charge in [-0.3, -0.25) is 10.1 Å². The largest absolute Gasteiger partial charge is 0.478 e. The molecule has 0 aliphatic rings. The summed E-state index contributed by atoms with van der Waals surface area (Å²) in [5.41, 5.74) is -1.41. The number of halogens is 1. The molecule has 0 saturated carbocycles. The van der Waals surface area contributed by atoms with Crippen molar-refractivity contribution in [2.75, 3.05) is 5.32 Å². The van der Waals surface area contributed by atoms with Crippen molar-refractivity contribution in [3.8, 4) is 12.3 Å². The van der Waals surface area contributed by atoms with Crippen molar-refractivity contribution >= 4 is 17.3 Å². The van der Waals surface area contributed by atoms with Crippen LogP contribution in [0, 0.1) is 28.3 Å². The molecule has 1 rings (SSSR count). The molecule has 0 radical (unpaired) electrons. The van der Waals surface area contributed by atoms with Crippen LogP contribution in [0.4, 0.5) is 15.8 Å². The fraction of sp³-hybridized carbons (Fsp3) is 0.308. The summed E-state index contributed by atoms with van der Waals surface area (Å²) in [7, 11) is 0. The predicted molar refractivity (Wildman–Crippen MR) is 71.2 cm³/mol. The highest BCUT2D eigenvalue weighted by Gasteiger charge is 2.23. The van der Waals surface area contributed by atoms with Crippen LogP contribution in [0.5, 0.6) is 0 Å². The number of nitro groups is 1. The number of hydrogen-bond donors (Lipinski definition) is 2. The number of nitro benzene ring substituents is 1. The Balaban J connectivity index is 3.25. The summed E-state index contributed by atoms with van der Waals surface area (Å²) in [6.45, 7) is 1.88. The molecule has 0 aliphatic heterocycles. The topological polar surface area (TPSA) is 92.5 Å². The van der Waals surface area contributed by atoms with Gasteiger partial charge >= 0.3 is 5.97 Å². The molecule has 20 heavy (non-hydrogen) atoms. The molecule has 0 heterocycles. The van der Waals surface area contributed by atoms with E-state index in [1.54, 1.807) is 0 Å². The number of benzene rings is 1. The highest BCUT2D eigenvalue weighted by Crippen LogP contribution is 2.28. The van der Waals surface area contributed by atoms with Gasteiger partial charge in [-0.25, -0.2) is 9.18 Å². The Morgan fingerprint density at radius 1 is 1.65 bits per heavy atom. The number of carboxylic acids is 1. The minimum Gasteiger partial charge on any atom is -0.478 e. The number of carbonyl (C=O) groups is 1. The summed E-state index contributed by atoms with van der Waals surface area (Å²) in [5, 5.41) is 22.4. The SMILES string of the molecule is C#CC(CCC)Nc1cc(F)c(C(=O)O)cc1[N+](=O)[O-]. The van der Waals surface area contributed by atoms with Crippen molar-refractivity contribution in [3.05, 3.63) is 33.6 Å². The number of anilines is 1. The van der Waals surface area contributed by atoms with E-state index in [2.05, 4.69) is 11.2 Å². The van der Waals surface area contributed by atoms with Gasteiger partial charge in [0.2, 0.25) is 0 Å². The molecular weight excluding hydrogens is 267 g/mol. The predicted octanol–water partition coefficient (Wildman–Crippen LogP) is 2.65. The van der Waals surface area contributed by atoms with Crippen LogP contribution in [0.15, 0.2) is 12.1 Å². The first-order chi connectivity index (χ1) is 9.40. The third kappa shape index (κ3) is 3.45.